The molecule has 242 valence electrons. The van der Waals surface area contributed by atoms with Crippen molar-refractivity contribution in [3.05, 3.63) is 46.4 Å². The normalized spacial score (nSPS) is 17.1. The van der Waals surface area contributed by atoms with Gasteiger partial charge in [0.25, 0.3) is 0 Å². The molecule has 2 aromatic rings. The van der Waals surface area contributed by atoms with Gasteiger partial charge in [0.05, 0.1) is 35.5 Å². The number of benzene rings is 1. The number of sulfone groups is 1. The van der Waals surface area contributed by atoms with E-state index >= 15 is 0 Å². The van der Waals surface area contributed by atoms with Crippen molar-refractivity contribution in [2.45, 2.75) is 83.1 Å². The van der Waals surface area contributed by atoms with Crippen LogP contribution in [0.15, 0.2) is 30.2 Å². The zero-order valence-electron chi connectivity index (χ0n) is 26.8. The van der Waals surface area contributed by atoms with Gasteiger partial charge in [-0.05, 0) is 103 Å². The van der Waals surface area contributed by atoms with E-state index in [-0.39, 0.29) is 34.1 Å². The second kappa shape index (κ2) is 14.0. The van der Waals surface area contributed by atoms with Crippen molar-refractivity contribution in [1.29, 1.82) is 5.41 Å². The number of halogens is 1. The first-order valence-corrected chi connectivity index (χ1v) is 17.0. The summed E-state index contributed by atoms with van der Waals surface area (Å²) >= 11 is 6.40. The molecule has 11 nitrogen and oxygen atoms in total. The lowest BCUT2D eigenvalue weighted by molar-refractivity contribution is 0.0186. The number of aromatic nitrogens is 2. The van der Waals surface area contributed by atoms with Crippen LogP contribution in [0.25, 0.3) is 0 Å². The highest BCUT2D eigenvalue weighted by Crippen LogP contribution is 2.40. The molecule has 0 bridgehead atoms. The summed E-state index contributed by atoms with van der Waals surface area (Å²) in [5.41, 5.74) is 3.21. The summed E-state index contributed by atoms with van der Waals surface area (Å²) in [6.45, 7) is 12.4. The van der Waals surface area contributed by atoms with Crippen LogP contribution < -0.4 is 20.7 Å². The van der Waals surface area contributed by atoms with Crippen molar-refractivity contribution < 1.29 is 17.9 Å². The third-order valence-electron chi connectivity index (χ3n) is 8.16. The van der Waals surface area contributed by atoms with Crippen LogP contribution in [-0.4, -0.2) is 79.1 Å². The molecule has 0 radical (unpaired) electrons. The second-order valence-corrected chi connectivity index (χ2v) is 15.3. The van der Waals surface area contributed by atoms with E-state index in [0.29, 0.717) is 12.5 Å². The smallest absolute Gasteiger partial charge is 0.229 e. The van der Waals surface area contributed by atoms with E-state index in [1.54, 1.807) is 14.2 Å². The molecule has 1 saturated heterocycles. The van der Waals surface area contributed by atoms with Crippen LogP contribution in [0, 0.1) is 12.3 Å². The summed E-state index contributed by atoms with van der Waals surface area (Å²) in [5, 5.41) is 16.2. The van der Waals surface area contributed by atoms with Gasteiger partial charge in [-0.2, -0.15) is 4.98 Å². The zero-order valence-corrected chi connectivity index (χ0v) is 28.3. The van der Waals surface area contributed by atoms with Gasteiger partial charge < -0.3 is 25.4 Å². The van der Waals surface area contributed by atoms with Gasteiger partial charge in [-0.15, -0.1) is 0 Å². The van der Waals surface area contributed by atoms with Gasteiger partial charge in [0.1, 0.15) is 10.8 Å². The first-order chi connectivity index (χ1) is 20.8. The van der Waals surface area contributed by atoms with Gasteiger partial charge in [0, 0.05) is 25.9 Å². The fourth-order valence-electron chi connectivity index (χ4n) is 5.40. The van der Waals surface area contributed by atoms with E-state index in [1.807, 2.05) is 0 Å². The highest BCUT2D eigenvalue weighted by molar-refractivity contribution is 8.07. The van der Waals surface area contributed by atoms with E-state index in [4.69, 9.17) is 26.5 Å². The van der Waals surface area contributed by atoms with Crippen molar-refractivity contribution in [3.8, 4) is 5.75 Å². The Hall–Kier alpha value is -2.93. The molecule has 13 heteroatoms. The molecule has 2 aliphatic rings. The third-order valence-corrected chi connectivity index (χ3v) is 10.5. The van der Waals surface area contributed by atoms with Crippen LogP contribution in [0.3, 0.4) is 0 Å². The molecule has 1 aromatic heterocycles. The van der Waals surface area contributed by atoms with Crippen LogP contribution in [-0.2, 0) is 14.6 Å². The van der Waals surface area contributed by atoms with Crippen molar-refractivity contribution in [2.24, 2.45) is 0 Å². The molecule has 1 saturated carbocycles. The van der Waals surface area contributed by atoms with Gasteiger partial charge in [-0.1, -0.05) is 11.6 Å². The predicted octanol–water partition coefficient (Wildman–Crippen LogP) is 5.60. The Bertz CT molecular complexity index is 1480. The Labute approximate surface area is 266 Å². The van der Waals surface area contributed by atoms with E-state index in [1.165, 1.54) is 31.8 Å². The fraction of sp³-hybridized carbons (Fsp3) is 0.581. The molecule has 1 aliphatic heterocycles. The largest absolute Gasteiger partial charge is 0.488 e. The quantitative estimate of drug-likeness (QED) is 0.160. The Kier molecular flexibility index (Phi) is 10.8. The summed E-state index contributed by atoms with van der Waals surface area (Å²) in [4.78, 5) is 11.4. The SMILES string of the molecule is CN/C=C(/Nc1nc(Nc2cc(C)c(C3CCN(C(C)(C)COC)CC3)cc2OC2CC2)ncc1Cl)C(=N)S(=O)(=O)C(C)C. The van der Waals surface area contributed by atoms with E-state index in [2.05, 4.69) is 63.7 Å². The summed E-state index contributed by atoms with van der Waals surface area (Å²) in [6, 6.07) is 4.24. The lowest BCUT2D eigenvalue weighted by Crippen LogP contribution is -2.50. The molecular weight excluding hydrogens is 602 g/mol. The number of anilines is 3. The van der Waals surface area contributed by atoms with Crippen LogP contribution in [0.2, 0.25) is 5.02 Å². The maximum atomic E-state index is 12.7. The van der Waals surface area contributed by atoms with Crippen LogP contribution in [0.1, 0.15) is 70.4 Å². The highest BCUT2D eigenvalue weighted by atomic mass is 35.5. The number of nitrogens with one attached hydrogen (secondary N) is 4. The van der Waals surface area contributed by atoms with E-state index < -0.39 is 20.1 Å². The number of hydrogen-bond donors (Lipinski definition) is 4. The van der Waals surface area contributed by atoms with Gasteiger partial charge in [0.15, 0.2) is 20.7 Å². The summed E-state index contributed by atoms with van der Waals surface area (Å²) < 4.78 is 37.2. The lowest BCUT2D eigenvalue weighted by atomic mass is 9.85. The molecule has 0 amide bonds. The first-order valence-electron chi connectivity index (χ1n) is 15.1. The van der Waals surface area contributed by atoms with Gasteiger partial charge in [0.2, 0.25) is 5.95 Å². The molecule has 0 atom stereocenters. The molecule has 2 fully saturated rings. The Balaban J connectivity index is 1.57. The number of methoxy groups -OCH3 is 1. The fourth-order valence-corrected chi connectivity index (χ4v) is 6.43. The van der Waals surface area contributed by atoms with E-state index in [9.17, 15) is 8.42 Å². The minimum atomic E-state index is -3.85. The number of nitrogens with zero attached hydrogens (tertiary/aromatic N) is 3. The predicted molar refractivity (Wildman–Crippen MR) is 177 cm³/mol. The van der Waals surface area contributed by atoms with Crippen molar-refractivity contribution >= 4 is 43.9 Å². The van der Waals surface area contributed by atoms with Crippen molar-refractivity contribution in [3.63, 3.8) is 0 Å². The average molecular weight is 648 g/mol. The van der Waals surface area contributed by atoms with Gasteiger partial charge >= 0.3 is 0 Å². The standard InChI is InChI=1S/C31H46ClN7O4S/c1-19(2)44(40,41)28(33)26(17-34-6)36-29-24(32)16-35-30(38-29)37-25-14-20(3)23(15-27(25)43-22-8-9-22)21-10-12-39(13-11-21)31(4,5)18-42-7/h14-17,19,21-22,33-34H,8-13,18H2,1-7H3,(H2,35,36,37,38)/b26-17+,33-28?. The molecule has 1 aromatic carbocycles. The van der Waals surface area contributed by atoms with E-state index in [0.717, 1.165) is 55.8 Å². The number of piperidine rings is 1. The molecule has 44 heavy (non-hydrogen) atoms. The Morgan fingerprint density at radius 2 is 1.91 bits per heavy atom. The Morgan fingerprint density at radius 1 is 1.23 bits per heavy atom. The molecule has 4 rings (SSSR count). The van der Waals surface area contributed by atoms with Crippen LogP contribution in [0.4, 0.5) is 17.5 Å². The first kappa shape index (κ1) is 34.0. The van der Waals surface area contributed by atoms with Crippen LogP contribution in [0.5, 0.6) is 5.75 Å². The number of ether oxygens (including phenoxy) is 2. The summed E-state index contributed by atoms with van der Waals surface area (Å²) in [7, 11) is -0.476. The Morgan fingerprint density at radius 3 is 2.50 bits per heavy atom. The molecule has 0 spiro atoms. The third kappa shape index (κ3) is 8.01. The van der Waals surface area contributed by atoms with Crippen LogP contribution >= 0.6 is 11.6 Å². The average Bonchev–Trinajstić information content (AvgIpc) is 3.79. The maximum Gasteiger partial charge on any atom is 0.229 e. The minimum absolute atomic E-state index is 0.00162. The van der Waals surface area contributed by atoms with Gasteiger partial charge in [-0.3, -0.25) is 10.3 Å². The summed E-state index contributed by atoms with van der Waals surface area (Å²) in [6.07, 6.45) is 7.17. The van der Waals surface area contributed by atoms with Gasteiger partial charge in [-0.25, -0.2) is 13.4 Å². The van der Waals surface area contributed by atoms with Crippen molar-refractivity contribution in [2.75, 3.05) is 44.5 Å². The molecule has 1 aliphatic carbocycles. The second-order valence-electron chi connectivity index (χ2n) is 12.4. The number of aryl methyl sites for hydroxylation is 1. The number of likely N-dealkylation sites (tertiary alicyclic amines) is 1. The number of hydrogen-bond acceptors (Lipinski definition) is 11. The maximum absolute atomic E-state index is 12.7. The minimum Gasteiger partial charge on any atom is -0.488 e. The molecule has 0 unspecified atom stereocenters. The molecular formula is C31H46ClN7O4S. The lowest BCUT2D eigenvalue weighted by Gasteiger charge is -2.43. The topological polar surface area (TPSA) is 142 Å². The monoisotopic (exact) mass is 647 g/mol. The zero-order chi connectivity index (χ0) is 32.2. The molecule has 2 heterocycles. The van der Waals surface area contributed by atoms with Crippen molar-refractivity contribution in [1.82, 2.24) is 20.2 Å². The molecule has 4 N–H and O–H groups in total. The summed E-state index contributed by atoms with van der Waals surface area (Å²) in [5.74, 6) is 1.59. The highest BCUT2D eigenvalue weighted by Gasteiger charge is 2.33. The number of rotatable bonds is 13.